The Morgan fingerprint density at radius 1 is 1.35 bits per heavy atom. The van der Waals surface area contributed by atoms with Gasteiger partial charge in [-0.15, -0.1) is 0 Å². The number of carboxylic acid groups (broad SMARTS) is 1. The van der Waals surface area contributed by atoms with Crippen molar-refractivity contribution in [2.24, 2.45) is 5.92 Å². The molecule has 1 saturated heterocycles. The largest absolute Gasteiger partial charge is 0.481 e. The van der Waals surface area contributed by atoms with E-state index in [1.165, 1.54) is 6.08 Å². The third kappa shape index (κ3) is 4.34. The van der Waals surface area contributed by atoms with Crippen LogP contribution in [0.1, 0.15) is 29.9 Å². The number of carbonyl (C=O) groups excluding carboxylic acids is 1. The van der Waals surface area contributed by atoms with Gasteiger partial charge in [0.25, 0.3) is 0 Å². The van der Waals surface area contributed by atoms with Crippen molar-refractivity contribution in [3.63, 3.8) is 0 Å². The van der Waals surface area contributed by atoms with Gasteiger partial charge in [-0.1, -0.05) is 42.5 Å². The predicted molar refractivity (Wildman–Crippen MR) is 87.4 cm³/mol. The number of likely N-dealkylation sites (tertiary alicyclic amines) is 1. The van der Waals surface area contributed by atoms with Crippen molar-refractivity contribution in [2.75, 3.05) is 19.7 Å². The van der Waals surface area contributed by atoms with Crippen LogP contribution in [0.2, 0.25) is 0 Å². The summed E-state index contributed by atoms with van der Waals surface area (Å²) in [6.07, 6.45) is 2.50. The second kappa shape index (κ2) is 7.81. The van der Waals surface area contributed by atoms with Gasteiger partial charge in [-0.05, 0) is 31.2 Å². The third-order valence-electron chi connectivity index (χ3n) is 4.30. The topological polar surface area (TPSA) is 66.8 Å². The van der Waals surface area contributed by atoms with E-state index in [0.717, 1.165) is 11.1 Å². The average molecular weight is 317 g/mol. The lowest BCUT2D eigenvalue weighted by Gasteiger charge is -2.34. The minimum absolute atomic E-state index is 0.0265. The summed E-state index contributed by atoms with van der Waals surface area (Å²) in [5, 5.41) is 9.62. The molecule has 1 aromatic carbocycles. The van der Waals surface area contributed by atoms with Crippen molar-refractivity contribution in [3.8, 4) is 0 Å². The van der Waals surface area contributed by atoms with Crippen LogP contribution in [-0.2, 0) is 9.53 Å². The molecule has 1 aliphatic heterocycles. The molecule has 2 rings (SSSR count). The normalized spacial score (nSPS) is 16.7. The first-order valence-corrected chi connectivity index (χ1v) is 7.85. The smallest absolute Gasteiger partial charge is 0.410 e. The zero-order chi connectivity index (χ0) is 16.8. The Morgan fingerprint density at radius 2 is 1.96 bits per heavy atom. The molecule has 0 aromatic heterocycles. The van der Waals surface area contributed by atoms with Crippen LogP contribution in [0.4, 0.5) is 4.79 Å². The number of aryl methyl sites for hydroxylation is 1. The van der Waals surface area contributed by atoms with E-state index in [0.29, 0.717) is 25.9 Å². The van der Waals surface area contributed by atoms with E-state index >= 15 is 0 Å². The number of nitrogens with zero attached hydrogens (tertiary/aromatic N) is 1. The van der Waals surface area contributed by atoms with Gasteiger partial charge < -0.3 is 14.7 Å². The lowest BCUT2D eigenvalue weighted by molar-refractivity contribution is -0.140. The molecule has 5 nitrogen and oxygen atoms in total. The van der Waals surface area contributed by atoms with Gasteiger partial charge in [-0.25, -0.2) is 4.79 Å². The van der Waals surface area contributed by atoms with Gasteiger partial charge in [0.15, 0.2) is 0 Å². The van der Waals surface area contributed by atoms with Crippen molar-refractivity contribution < 1.29 is 19.4 Å². The number of aliphatic carboxylic acids is 1. The highest BCUT2D eigenvalue weighted by Crippen LogP contribution is 2.33. The highest BCUT2D eigenvalue weighted by molar-refractivity contribution is 5.76. The number of piperidine rings is 1. The van der Waals surface area contributed by atoms with Crippen LogP contribution in [0.5, 0.6) is 0 Å². The van der Waals surface area contributed by atoms with Crippen LogP contribution in [0.3, 0.4) is 0 Å². The van der Waals surface area contributed by atoms with E-state index in [-0.39, 0.29) is 18.6 Å². The molecule has 23 heavy (non-hydrogen) atoms. The van der Waals surface area contributed by atoms with Crippen molar-refractivity contribution in [1.29, 1.82) is 0 Å². The summed E-state index contributed by atoms with van der Waals surface area (Å²) in [7, 11) is 0. The first-order chi connectivity index (χ1) is 11.0. The highest BCUT2D eigenvalue weighted by Gasteiger charge is 2.33. The molecule has 0 saturated carbocycles. The second-order valence-corrected chi connectivity index (χ2v) is 5.92. The van der Waals surface area contributed by atoms with Gasteiger partial charge in [0.2, 0.25) is 0 Å². The van der Waals surface area contributed by atoms with Gasteiger partial charge in [0.1, 0.15) is 6.61 Å². The molecule has 0 spiro atoms. The number of ether oxygens (including phenoxy) is 1. The minimum atomic E-state index is -0.804. The molecule has 1 atom stereocenters. The summed E-state index contributed by atoms with van der Waals surface area (Å²) >= 11 is 0. The van der Waals surface area contributed by atoms with Crippen molar-refractivity contribution >= 4 is 12.1 Å². The number of hydrogen-bond donors (Lipinski definition) is 1. The summed E-state index contributed by atoms with van der Waals surface area (Å²) in [5.41, 5.74) is 1.94. The Balaban J connectivity index is 2.01. The minimum Gasteiger partial charge on any atom is -0.481 e. The lowest BCUT2D eigenvalue weighted by atomic mass is 9.80. The fourth-order valence-electron chi connectivity index (χ4n) is 3.03. The number of carbonyl (C=O) groups is 2. The van der Waals surface area contributed by atoms with Gasteiger partial charge in [0, 0.05) is 13.1 Å². The Bertz CT molecular complexity index is 559. The van der Waals surface area contributed by atoms with Crippen molar-refractivity contribution in [1.82, 2.24) is 4.90 Å². The first-order valence-electron chi connectivity index (χ1n) is 7.85. The predicted octanol–water partition coefficient (Wildman–Crippen LogP) is 3.20. The molecule has 1 unspecified atom stereocenters. The molecule has 1 N–H and O–H groups in total. The van der Waals surface area contributed by atoms with Crippen LogP contribution in [-0.4, -0.2) is 41.8 Å². The number of carboxylic acids is 1. The van der Waals surface area contributed by atoms with Crippen LogP contribution < -0.4 is 0 Å². The molecule has 0 aliphatic carbocycles. The molecule has 124 valence electrons. The molecular formula is C18H23NO4. The van der Waals surface area contributed by atoms with Crippen molar-refractivity contribution in [2.45, 2.75) is 25.7 Å². The van der Waals surface area contributed by atoms with Crippen LogP contribution in [0.15, 0.2) is 36.9 Å². The summed E-state index contributed by atoms with van der Waals surface area (Å²) in [4.78, 5) is 25.2. The number of hydrogen-bond acceptors (Lipinski definition) is 3. The third-order valence-corrected chi connectivity index (χ3v) is 4.30. The number of amides is 1. The van der Waals surface area contributed by atoms with E-state index < -0.39 is 11.9 Å². The van der Waals surface area contributed by atoms with Crippen LogP contribution in [0, 0.1) is 12.8 Å². The Hall–Kier alpha value is -2.30. The number of rotatable bonds is 5. The summed E-state index contributed by atoms with van der Waals surface area (Å²) in [5.74, 6) is -1.30. The van der Waals surface area contributed by atoms with Gasteiger partial charge >= 0.3 is 12.1 Å². The van der Waals surface area contributed by atoms with Crippen molar-refractivity contribution in [3.05, 3.63) is 48.0 Å². The van der Waals surface area contributed by atoms with E-state index in [2.05, 4.69) is 6.58 Å². The van der Waals surface area contributed by atoms with E-state index in [1.54, 1.807) is 4.90 Å². The lowest BCUT2D eigenvalue weighted by Crippen LogP contribution is -2.41. The Labute approximate surface area is 136 Å². The SMILES string of the molecule is C=CCOC(=O)N1CCC(C(C(=O)O)c2ccc(C)cc2)CC1. The fourth-order valence-corrected chi connectivity index (χ4v) is 3.03. The summed E-state index contributed by atoms with van der Waals surface area (Å²) < 4.78 is 5.02. The fraction of sp³-hybridized carbons (Fsp3) is 0.444. The zero-order valence-electron chi connectivity index (χ0n) is 13.4. The van der Waals surface area contributed by atoms with Crippen LogP contribution in [0.25, 0.3) is 0 Å². The van der Waals surface area contributed by atoms with E-state index in [9.17, 15) is 14.7 Å². The quantitative estimate of drug-likeness (QED) is 0.847. The van der Waals surface area contributed by atoms with Gasteiger partial charge in [-0.3, -0.25) is 4.79 Å². The van der Waals surface area contributed by atoms with E-state index in [4.69, 9.17) is 4.74 Å². The maximum absolute atomic E-state index is 11.8. The monoisotopic (exact) mass is 317 g/mol. The molecule has 5 heteroatoms. The molecule has 0 radical (unpaired) electrons. The summed E-state index contributed by atoms with van der Waals surface area (Å²) in [6.45, 7) is 6.73. The molecule has 1 fully saturated rings. The zero-order valence-corrected chi connectivity index (χ0v) is 13.4. The Kier molecular flexibility index (Phi) is 5.79. The van der Waals surface area contributed by atoms with Gasteiger partial charge in [-0.2, -0.15) is 0 Å². The maximum Gasteiger partial charge on any atom is 0.410 e. The molecule has 1 amide bonds. The summed E-state index contributed by atoms with van der Waals surface area (Å²) in [6, 6.07) is 7.65. The molecule has 1 aliphatic rings. The molecule has 1 aromatic rings. The molecule has 0 bridgehead atoms. The molecular weight excluding hydrogens is 294 g/mol. The van der Waals surface area contributed by atoms with Gasteiger partial charge in [0.05, 0.1) is 5.92 Å². The Morgan fingerprint density at radius 3 is 2.48 bits per heavy atom. The standard InChI is InChI=1S/C18H23NO4/c1-3-12-23-18(22)19-10-8-15(9-11-19)16(17(20)21)14-6-4-13(2)5-7-14/h3-7,15-16H,1,8-12H2,2H3,(H,20,21). The van der Waals surface area contributed by atoms with Crippen LogP contribution >= 0.6 is 0 Å². The number of benzene rings is 1. The molecule has 1 heterocycles. The second-order valence-electron chi connectivity index (χ2n) is 5.92. The maximum atomic E-state index is 11.8. The average Bonchev–Trinajstić information content (AvgIpc) is 2.55. The van der Waals surface area contributed by atoms with E-state index in [1.807, 2.05) is 31.2 Å². The first kappa shape index (κ1) is 17.1. The highest BCUT2D eigenvalue weighted by atomic mass is 16.6.